The molecule has 0 aliphatic heterocycles. The van der Waals surface area contributed by atoms with E-state index < -0.39 is 0 Å². The lowest BCUT2D eigenvalue weighted by molar-refractivity contribution is 0.111. The van der Waals surface area contributed by atoms with Gasteiger partial charge in [0.1, 0.15) is 0 Å². The maximum atomic E-state index is 5.40. The van der Waals surface area contributed by atoms with Gasteiger partial charge in [-0.3, -0.25) is 0 Å². The summed E-state index contributed by atoms with van der Waals surface area (Å²) in [6, 6.07) is 8.46. The average Bonchev–Trinajstić information content (AvgIpc) is 2.40. The van der Waals surface area contributed by atoms with Crippen LogP contribution in [0.4, 0.5) is 0 Å². The maximum absolute atomic E-state index is 5.40. The van der Waals surface area contributed by atoms with E-state index in [2.05, 4.69) is 40.2 Å². The topological polar surface area (TPSA) is 9.23 Å². The van der Waals surface area contributed by atoms with E-state index in [1.165, 1.54) is 11.1 Å². The Morgan fingerprint density at radius 1 is 1.42 bits per heavy atom. The van der Waals surface area contributed by atoms with Gasteiger partial charge in [-0.15, -0.1) is 0 Å². The first-order valence-corrected chi connectivity index (χ1v) is 4.99. The van der Waals surface area contributed by atoms with Crippen molar-refractivity contribution in [3.63, 3.8) is 0 Å². The molecule has 0 saturated carbocycles. The molecule has 0 radical (unpaired) electrons. The van der Waals surface area contributed by atoms with Crippen molar-refractivity contribution in [3.8, 4) is 0 Å². The molecule has 2 rings (SSSR count). The average molecular weight is 227 g/mol. The Hall–Kier alpha value is -0.340. The summed E-state index contributed by atoms with van der Waals surface area (Å²) >= 11 is 3.62. The minimum Gasteiger partial charge on any atom is -0.376 e. The van der Waals surface area contributed by atoms with E-state index in [9.17, 15) is 0 Å². The van der Waals surface area contributed by atoms with Crippen molar-refractivity contribution in [1.82, 2.24) is 0 Å². The maximum Gasteiger partial charge on any atom is 0.0951 e. The van der Waals surface area contributed by atoms with Crippen LogP contribution in [-0.4, -0.2) is 11.9 Å². The number of rotatable bonds is 1. The second-order valence-corrected chi connectivity index (χ2v) is 4.25. The number of alkyl halides is 1. The van der Waals surface area contributed by atoms with Crippen molar-refractivity contribution in [2.24, 2.45) is 0 Å². The first-order valence-electron chi connectivity index (χ1n) is 4.07. The van der Waals surface area contributed by atoms with Crippen LogP contribution in [0.15, 0.2) is 24.3 Å². The second kappa shape index (κ2) is 3.19. The number of hydrogen-bond donors (Lipinski definition) is 0. The zero-order valence-corrected chi connectivity index (χ0v) is 8.54. The molecule has 0 N–H and O–H groups in total. The molecule has 1 nitrogen and oxygen atoms in total. The van der Waals surface area contributed by atoms with Crippen molar-refractivity contribution >= 4 is 15.9 Å². The van der Waals surface area contributed by atoms with Crippen molar-refractivity contribution in [2.45, 2.75) is 17.4 Å². The van der Waals surface area contributed by atoms with E-state index in [0.29, 0.717) is 4.83 Å². The van der Waals surface area contributed by atoms with E-state index in [1.54, 1.807) is 7.11 Å². The van der Waals surface area contributed by atoms with Gasteiger partial charge in [0.25, 0.3) is 0 Å². The molecule has 0 amide bonds. The fraction of sp³-hybridized carbons (Fsp3) is 0.400. The summed E-state index contributed by atoms with van der Waals surface area (Å²) < 4.78 is 5.40. The summed E-state index contributed by atoms with van der Waals surface area (Å²) in [6.07, 6.45) is 1.32. The number of benzene rings is 1. The van der Waals surface area contributed by atoms with Gasteiger partial charge in [-0.25, -0.2) is 0 Å². The van der Waals surface area contributed by atoms with Crippen LogP contribution < -0.4 is 0 Å². The monoisotopic (exact) mass is 226 g/mol. The SMILES string of the molecule is COC1c2ccccc2CC1Br. The molecular formula is C10H11BrO. The van der Waals surface area contributed by atoms with E-state index in [4.69, 9.17) is 4.74 Å². The molecular weight excluding hydrogens is 216 g/mol. The minimum atomic E-state index is 0.237. The first-order chi connectivity index (χ1) is 5.83. The van der Waals surface area contributed by atoms with E-state index >= 15 is 0 Å². The summed E-state index contributed by atoms with van der Waals surface area (Å²) in [7, 11) is 1.76. The molecule has 1 aliphatic carbocycles. The van der Waals surface area contributed by atoms with Crippen LogP contribution in [0.3, 0.4) is 0 Å². The van der Waals surface area contributed by atoms with Crippen LogP contribution in [0.5, 0.6) is 0 Å². The fourth-order valence-electron chi connectivity index (χ4n) is 1.78. The van der Waals surface area contributed by atoms with Gasteiger partial charge in [0.15, 0.2) is 0 Å². The molecule has 2 unspecified atom stereocenters. The third-order valence-electron chi connectivity index (χ3n) is 2.36. The molecule has 0 saturated heterocycles. The van der Waals surface area contributed by atoms with Gasteiger partial charge in [-0.05, 0) is 17.5 Å². The normalized spacial score (nSPS) is 27.2. The molecule has 2 atom stereocenters. The molecule has 1 aromatic rings. The van der Waals surface area contributed by atoms with Crippen molar-refractivity contribution in [3.05, 3.63) is 35.4 Å². The van der Waals surface area contributed by atoms with Gasteiger partial charge in [-0.1, -0.05) is 40.2 Å². The lowest BCUT2D eigenvalue weighted by Gasteiger charge is -2.12. The van der Waals surface area contributed by atoms with Crippen LogP contribution in [0, 0.1) is 0 Å². The molecule has 1 aliphatic rings. The van der Waals surface area contributed by atoms with Crippen molar-refractivity contribution in [1.29, 1.82) is 0 Å². The van der Waals surface area contributed by atoms with Gasteiger partial charge >= 0.3 is 0 Å². The summed E-state index contributed by atoms with van der Waals surface area (Å²) in [6.45, 7) is 0. The van der Waals surface area contributed by atoms with E-state index in [-0.39, 0.29) is 6.10 Å². The molecule has 0 bridgehead atoms. The Bertz CT molecular complexity index is 285. The quantitative estimate of drug-likeness (QED) is 0.670. The predicted molar refractivity (Wildman–Crippen MR) is 52.6 cm³/mol. The second-order valence-electron chi connectivity index (χ2n) is 3.08. The molecule has 0 heterocycles. The van der Waals surface area contributed by atoms with Gasteiger partial charge in [0.2, 0.25) is 0 Å². The summed E-state index contributed by atoms with van der Waals surface area (Å²) in [5.74, 6) is 0. The van der Waals surface area contributed by atoms with Crippen LogP contribution in [0.2, 0.25) is 0 Å². The predicted octanol–water partition coefficient (Wildman–Crippen LogP) is 2.69. The highest BCUT2D eigenvalue weighted by Crippen LogP contribution is 2.37. The van der Waals surface area contributed by atoms with Crippen LogP contribution in [0.25, 0.3) is 0 Å². The third kappa shape index (κ3) is 1.19. The lowest BCUT2D eigenvalue weighted by atomic mass is 10.1. The molecule has 2 heteroatoms. The Balaban J connectivity index is 2.40. The van der Waals surface area contributed by atoms with Crippen LogP contribution in [-0.2, 0) is 11.2 Å². The standard InChI is InChI=1S/C10H11BrO/c1-12-10-8-5-3-2-4-7(8)6-9(10)11/h2-5,9-10H,6H2,1H3. The summed E-state index contributed by atoms with van der Waals surface area (Å²) in [4.78, 5) is 0.444. The minimum absolute atomic E-state index is 0.237. The smallest absolute Gasteiger partial charge is 0.0951 e. The van der Waals surface area contributed by atoms with Gasteiger partial charge in [0, 0.05) is 11.9 Å². The molecule has 0 fully saturated rings. The van der Waals surface area contributed by atoms with Crippen LogP contribution in [0.1, 0.15) is 17.2 Å². The highest BCUT2D eigenvalue weighted by molar-refractivity contribution is 9.09. The zero-order chi connectivity index (χ0) is 8.55. The number of hydrogen-bond acceptors (Lipinski definition) is 1. The summed E-state index contributed by atoms with van der Waals surface area (Å²) in [5, 5.41) is 0. The first kappa shape index (κ1) is 8.27. The molecule has 0 aromatic heterocycles. The van der Waals surface area contributed by atoms with Crippen molar-refractivity contribution in [2.75, 3.05) is 7.11 Å². The number of fused-ring (bicyclic) bond motifs is 1. The van der Waals surface area contributed by atoms with Crippen molar-refractivity contribution < 1.29 is 4.74 Å². The van der Waals surface area contributed by atoms with Gasteiger partial charge in [-0.2, -0.15) is 0 Å². The van der Waals surface area contributed by atoms with E-state index in [0.717, 1.165) is 6.42 Å². The highest BCUT2D eigenvalue weighted by Gasteiger charge is 2.29. The highest BCUT2D eigenvalue weighted by atomic mass is 79.9. The van der Waals surface area contributed by atoms with Gasteiger partial charge in [0.05, 0.1) is 6.10 Å². The Morgan fingerprint density at radius 3 is 2.92 bits per heavy atom. The van der Waals surface area contributed by atoms with Gasteiger partial charge < -0.3 is 4.74 Å². The molecule has 64 valence electrons. The lowest BCUT2D eigenvalue weighted by Crippen LogP contribution is -2.07. The zero-order valence-electron chi connectivity index (χ0n) is 6.96. The molecule has 12 heavy (non-hydrogen) atoms. The molecule has 0 spiro atoms. The Kier molecular flexibility index (Phi) is 2.20. The third-order valence-corrected chi connectivity index (χ3v) is 3.16. The Labute approximate surface area is 80.9 Å². The van der Waals surface area contributed by atoms with E-state index in [1.807, 2.05) is 0 Å². The number of ether oxygens (including phenoxy) is 1. The largest absolute Gasteiger partial charge is 0.376 e. The summed E-state index contributed by atoms with van der Waals surface area (Å²) in [5.41, 5.74) is 2.74. The fourth-order valence-corrected chi connectivity index (χ4v) is 2.63. The number of halogens is 1. The van der Waals surface area contributed by atoms with Crippen LogP contribution >= 0.6 is 15.9 Å². The number of methoxy groups -OCH3 is 1. The molecule has 1 aromatic carbocycles. The Morgan fingerprint density at radius 2 is 2.17 bits per heavy atom.